The molecule has 1 spiro atoms. The van der Waals surface area contributed by atoms with Gasteiger partial charge in [0.05, 0.1) is 6.10 Å². The molecule has 0 aromatic carbocycles. The molecule has 2 saturated carbocycles. The number of carbonyl (C=O) groups is 2. The van der Waals surface area contributed by atoms with Crippen LogP contribution in [0.2, 0.25) is 0 Å². The Hall–Kier alpha value is -1.62. The zero-order valence-corrected chi connectivity index (χ0v) is 14.2. The van der Waals surface area contributed by atoms with Gasteiger partial charge in [0, 0.05) is 36.9 Å². The Balaban J connectivity index is 1.75. The van der Waals surface area contributed by atoms with Crippen molar-refractivity contribution in [3.8, 4) is 0 Å². The lowest BCUT2D eigenvalue weighted by molar-refractivity contribution is -0.152. The molecule has 5 nitrogen and oxygen atoms in total. The van der Waals surface area contributed by atoms with Crippen LogP contribution in [0.15, 0.2) is 12.3 Å². The molecule has 0 bridgehead atoms. The monoisotopic (exact) mass is 318 g/mol. The topological polar surface area (TPSA) is 62.4 Å². The second-order valence-corrected chi connectivity index (χ2v) is 6.91. The van der Waals surface area contributed by atoms with Gasteiger partial charge < -0.3 is 14.6 Å². The van der Waals surface area contributed by atoms with Crippen LogP contribution in [0.3, 0.4) is 0 Å². The number of nitrogens with one attached hydrogen (secondary N) is 1. The van der Waals surface area contributed by atoms with Gasteiger partial charge in [-0.1, -0.05) is 12.8 Å². The van der Waals surface area contributed by atoms with Crippen molar-refractivity contribution >= 4 is 11.7 Å². The molecule has 2 aliphatic rings. The Kier molecular flexibility index (Phi) is 4.32. The lowest BCUT2D eigenvalue weighted by atomic mass is 9.60. The van der Waals surface area contributed by atoms with Crippen LogP contribution in [-0.4, -0.2) is 47.4 Å². The predicted octanol–water partition coefficient (Wildman–Crippen LogP) is 3.03. The van der Waals surface area contributed by atoms with E-state index in [1.54, 1.807) is 12.3 Å². The molecule has 0 saturated heterocycles. The fraction of sp³-hybridized carbons (Fsp3) is 0.667. The van der Waals surface area contributed by atoms with E-state index >= 15 is 0 Å². The molecule has 1 aromatic rings. The van der Waals surface area contributed by atoms with E-state index in [4.69, 9.17) is 4.74 Å². The fourth-order valence-electron chi connectivity index (χ4n) is 4.45. The molecule has 5 heteroatoms. The summed E-state index contributed by atoms with van der Waals surface area (Å²) in [5.74, 6) is -0.0704. The Morgan fingerprint density at radius 2 is 2.09 bits per heavy atom. The number of nitrogens with zero attached hydrogens (tertiary/aromatic N) is 1. The zero-order valence-electron chi connectivity index (χ0n) is 14.2. The number of carbonyl (C=O) groups excluding carboxylic acids is 2. The number of rotatable bonds is 5. The molecule has 2 atom stereocenters. The van der Waals surface area contributed by atoms with E-state index in [2.05, 4.69) is 4.98 Å². The second kappa shape index (κ2) is 6.11. The van der Waals surface area contributed by atoms with Gasteiger partial charge in [0.1, 0.15) is 5.69 Å². The van der Waals surface area contributed by atoms with E-state index in [1.807, 2.05) is 18.9 Å². The number of ketones is 1. The second-order valence-electron chi connectivity index (χ2n) is 6.91. The Bertz CT molecular complexity index is 601. The zero-order chi connectivity index (χ0) is 16.6. The Morgan fingerprint density at radius 3 is 2.65 bits per heavy atom. The Labute approximate surface area is 137 Å². The first-order valence-electron chi connectivity index (χ1n) is 8.57. The maximum atomic E-state index is 12.8. The van der Waals surface area contributed by atoms with E-state index in [9.17, 15) is 9.59 Å². The highest BCUT2D eigenvalue weighted by molar-refractivity contribution is 5.99. The van der Waals surface area contributed by atoms with E-state index in [0.717, 1.165) is 25.9 Å². The van der Waals surface area contributed by atoms with Gasteiger partial charge in [-0.3, -0.25) is 9.59 Å². The number of H-pyrrole nitrogens is 1. The van der Waals surface area contributed by atoms with Crippen LogP contribution in [0, 0.1) is 5.41 Å². The highest BCUT2D eigenvalue weighted by Gasteiger charge is 2.58. The van der Waals surface area contributed by atoms with Gasteiger partial charge in [-0.15, -0.1) is 0 Å². The average molecular weight is 318 g/mol. The first-order chi connectivity index (χ1) is 11.0. The molecular formula is C18H26N2O3. The highest BCUT2D eigenvalue weighted by Crippen LogP contribution is 2.56. The van der Waals surface area contributed by atoms with Crippen molar-refractivity contribution in [3.05, 3.63) is 23.5 Å². The van der Waals surface area contributed by atoms with Crippen LogP contribution in [0.4, 0.5) is 0 Å². The third kappa shape index (κ3) is 2.61. The van der Waals surface area contributed by atoms with Crippen LogP contribution < -0.4 is 0 Å². The largest absolute Gasteiger partial charge is 0.378 e. The van der Waals surface area contributed by atoms with Gasteiger partial charge in [0.15, 0.2) is 5.78 Å². The van der Waals surface area contributed by atoms with Gasteiger partial charge >= 0.3 is 0 Å². The highest BCUT2D eigenvalue weighted by atomic mass is 16.5. The first kappa shape index (κ1) is 16.2. The maximum Gasteiger partial charge on any atom is 0.270 e. The molecule has 126 valence electrons. The summed E-state index contributed by atoms with van der Waals surface area (Å²) in [4.78, 5) is 29.0. The Morgan fingerprint density at radius 1 is 1.39 bits per heavy atom. The molecule has 23 heavy (non-hydrogen) atoms. The van der Waals surface area contributed by atoms with Crippen molar-refractivity contribution in [2.45, 2.75) is 58.1 Å². The van der Waals surface area contributed by atoms with E-state index in [0.29, 0.717) is 11.3 Å². The maximum absolute atomic E-state index is 12.8. The number of amides is 1. The van der Waals surface area contributed by atoms with Crippen LogP contribution in [0.1, 0.15) is 66.8 Å². The van der Waals surface area contributed by atoms with Crippen molar-refractivity contribution in [1.82, 2.24) is 9.88 Å². The predicted molar refractivity (Wildman–Crippen MR) is 87.6 cm³/mol. The summed E-state index contributed by atoms with van der Waals surface area (Å²) >= 11 is 0. The van der Waals surface area contributed by atoms with Crippen molar-refractivity contribution in [2.24, 2.45) is 5.41 Å². The fourth-order valence-corrected chi connectivity index (χ4v) is 4.45. The first-order valence-corrected chi connectivity index (χ1v) is 8.57. The molecule has 0 radical (unpaired) electrons. The lowest BCUT2D eigenvalue weighted by Crippen LogP contribution is -2.64. The molecular weight excluding hydrogens is 292 g/mol. The van der Waals surface area contributed by atoms with E-state index in [-0.39, 0.29) is 29.3 Å². The summed E-state index contributed by atoms with van der Waals surface area (Å²) < 4.78 is 5.93. The van der Waals surface area contributed by atoms with Crippen molar-refractivity contribution in [3.63, 3.8) is 0 Å². The summed E-state index contributed by atoms with van der Waals surface area (Å²) in [5.41, 5.74) is 1.18. The summed E-state index contributed by atoms with van der Waals surface area (Å²) in [5, 5.41) is 0. The molecule has 2 aliphatic carbocycles. The number of Topliss-reactive ketones (excluding diaryl/α,β-unsaturated/α-hetero) is 1. The summed E-state index contributed by atoms with van der Waals surface area (Å²) in [7, 11) is 1.88. The van der Waals surface area contributed by atoms with Gasteiger partial charge in [-0.05, 0) is 39.2 Å². The van der Waals surface area contributed by atoms with Crippen LogP contribution >= 0.6 is 0 Å². The molecule has 1 amide bonds. The molecule has 1 aromatic heterocycles. The molecule has 3 rings (SSSR count). The number of aromatic nitrogens is 1. The molecule has 0 unspecified atom stereocenters. The van der Waals surface area contributed by atoms with E-state index < -0.39 is 0 Å². The van der Waals surface area contributed by atoms with Crippen molar-refractivity contribution < 1.29 is 14.3 Å². The lowest BCUT2D eigenvalue weighted by Gasteiger charge is -2.56. The molecule has 0 aliphatic heterocycles. The summed E-state index contributed by atoms with van der Waals surface area (Å²) in [6, 6.07) is 1.89. The quantitative estimate of drug-likeness (QED) is 0.849. The van der Waals surface area contributed by atoms with Crippen molar-refractivity contribution in [2.75, 3.05) is 13.7 Å². The summed E-state index contributed by atoms with van der Waals surface area (Å²) in [6.07, 6.45) is 7.53. The minimum absolute atomic E-state index is 0.0322. The van der Waals surface area contributed by atoms with Gasteiger partial charge in [0.2, 0.25) is 0 Å². The normalized spacial score (nSPS) is 25.3. The third-order valence-corrected chi connectivity index (χ3v) is 5.75. The summed E-state index contributed by atoms with van der Waals surface area (Å²) in [6.45, 7) is 4.27. The smallest absolute Gasteiger partial charge is 0.270 e. The van der Waals surface area contributed by atoms with Crippen LogP contribution in [0.25, 0.3) is 0 Å². The van der Waals surface area contributed by atoms with Gasteiger partial charge in [-0.2, -0.15) is 0 Å². The van der Waals surface area contributed by atoms with Crippen molar-refractivity contribution in [1.29, 1.82) is 0 Å². The number of ether oxygens (including phenoxy) is 1. The SMILES string of the molecule is CCO[C@H]1C[C@@H](N(C)C(=O)c2cc(C(C)=O)c[nH]2)C12CCCC2. The van der Waals surface area contributed by atoms with Crippen LogP contribution in [-0.2, 0) is 4.74 Å². The minimum Gasteiger partial charge on any atom is -0.378 e. The number of aromatic amines is 1. The average Bonchev–Trinajstić information content (AvgIpc) is 3.19. The molecule has 2 fully saturated rings. The molecule has 1 heterocycles. The molecule has 1 N–H and O–H groups in total. The minimum atomic E-state index is -0.0382. The van der Waals surface area contributed by atoms with Crippen LogP contribution in [0.5, 0.6) is 0 Å². The third-order valence-electron chi connectivity index (χ3n) is 5.75. The number of hydrogen-bond donors (Lipinski definition) is 1. The van der Waals surface area contributed by atoms with E-state index in [1.165, 1.54) is 19.8 Å². The standard InChI is InChI=1S/C18H26N2O3/c1-4-23-16-10-15(18(16)7-5-6-8-18)20(3)17(22)14-9-13(11-19-14)12(2)21/h9,11,15-16,19H,4-8,10H2,1-3H3/t15-,16+/m1/s1. The number of hydrogen-bond acceptors (Lipinski definition) is 3. The van der Waals surface area contributed by atoms with Gasteiger partial charge in [-0.25, -0.2) is 0 Å². The van der Waals surface area contributed by atoms with Gasteiger partial charge in [0.25, 0.3) is 5.91 Å².